The van der Waals surface area contributed by atoms with Gasteiger partial charge in [0.05, 0.1) is 11.4 Å². The van der Waals surface area contributed by atoms with Gasteiger partial charge in [0.2, 0.25) is 16.0 Å². The van der Waals surface area contributed by atoms with Crippen LogP contribution in [0.15, 0.2) is 36.5 Å². The first-order valence-corrected chi connectivity index (χ1v) is 9.89. The van der Waals surface area contributed by atoms with Crippen LogP contribution in [0.2, 0.25) is 0 Å². The van der Waals surface area contributed by atoms with Crippen LogP contribution in [0, 0.1) is 5.92 Å². The van der Waals surface area contributed by atoms with Gasteiger partial charge in [-0.2, -0.15) is 0 Å². The first-order chi connectivity index (χ1) is 11.8. The highest BCUT2D eigenvalue weighted by Gasteiger charge is 2.27. The first kappa shape index (κ1) is 17.6. The van der Waals surface area contributed by atoms with Crippen LogP contribution in [0.25, 0.3) is 11.3 Å². The third-order valence-corrected chi connectivity index (χ3v) is 5.30. The van der Waals surface area contributed by atoms with Gasteiger partial charge in [-0.05, 0) is 30.5 Å². The zero-order valence-electron chi connectivity index (χ0n) is 14.5. The average molecular weight is 361 g/mol. The van der Waals surface area contributed by atoms with Crippen molar-refractivity contribution in [2.75, 3.05) is 42.7 Å². The normalized spacial score (nSPS) is 17.7. The molecule has 0 saturated carbocycles. The molecule has 8 heteroatoms. The van der Waals surface area contributed by atoms with E-state index < -0.39 is 10.0 Å². The molecule has 0 bridgehead atoms. The van der Waals surface area contributed by atoms with Crippen molar-refractivity contribution in [1.29, 1.82) is 0 Å². The lowest BCUT2D eigenvalue weighted by Crippen LogP contribution is -2.27. The maximum absolute atomic E-state index is 11.3. The van der Waals surface area contributed by atoms with Gasteiger partial charge in [-0.15, -0.1) is 0 Å². The number of sulfonamides is 1. The van der Waals surface area contributed by atoms with Crippen molar-refractivity contribution in [2.24, 2.45) is 11.1 Å². The van der Waals surface area contributed by atoms with Crippen molar-refractivity contribution in [2.45, 2.75) is 6.42 Å². The third-order valence-electron chi connectivity index (χ3n) is 4.36. The van der Waals surface area contributed by atoms with Gasteiger partial charge in [0, 0.05) is 44.6 Å². The monoisotopic (exact) mass is 361 g/mol. The van der Waals surface area contributed by atoms with Crippen molar-refractivity contribution >= 4 is 21.7 Å². The Balaban J connectivity index is 1.76. The summed E-state index contributed by atoms with van der Waals surface area (Å²) >= 11 is 0. The molecule has 25 heavy (non-hydrogen) atoms. The summed E-state index contributed by atoms with van der Waals surface area (Å²) in [5.74, 6) is 0.669. The van der Waals surface area contributed by atoms with Crippen molar-refractivity contribution in [1.82, 2.24) is 9.97 Å². The topological polar surface area (TPSA) is 92.4 Å². The zero-order chi connectivity index (χ0) is 18.0. The van der Waals surface area contributed by atoms with Crippen LogP contribution in [0.1, 0.15) is 6.42 Å². The maximum atomic E-state index is 11.3. The molecule has 1 aliphatic heterocycles. The molecule has 1 atom stereocenters. The standard InChI is InChI=1S/C17H23N5O2S/c1-21(2)15-5-3-14(4-6-15)16-7-9-19-17(20-16)22-10-8-13(11-22)12-25(18,23)24/h3-7,9,13H,8,10-12H2,1-2H3,(H2,18,23,24). The molecule has 0 aliphatic carbocycles. The molecule has 1 aromatic carbocycles. The smallest absolute Gasteiger partial charge is 0.225 e. The highest BCUT2D eigenvalue weighted by molar-refractivity contribution is 7.89. The number of rotatable bonds is 5. The molecular weight excluding hydrogens is 338 g/mol. The molecule has 0 amide bonds. The molecule has 2 N–H and O–H groups in total. The Morgan fingerprint density at radius 1 is 1.24 bits per heavy atom. The second-order valence-electron chi connectivity index (χ2n) is 6.61. The Morgan fingerprint density at radius 3 is 2.60 bits per heavy atom. The summed E-state index contributed by atoms with van der Waals surface area (Å²) in [5.41, 5.74) is 3.00. The Hall–Kier alpha value is -2.19. The largest absolute Gasteiger partial charge is 0.378 e. The van der Waals surface area contributed by atoms with Gasteiger partial charge < -0.3 is 9.80 Å². The Kier molecular flexibility index (Phi) is 4.91. The Bertz CT molecular complexity index is 836. The molecule has 2 aromatic rings. The zero-order valence-corrected chi connectivity index (χ0v) is 15.3. The van der Waals surface area contributed by atoms with E-state index in [2.05, 4.69) is 22.1 Å². The van der Waals surface area contributed by atoms with E-state index in [0.717, 1.165) is 29.9 Å². The van der Waals surface area contributed by atoms with Crippen LogP contribution in [-0.4, -0.2) is 51.3 Å². The van der Waals surface area contributed by atoms with E-state index in [1.54, 1.807) is 6.20 Å². The number of primary sulfonamides is 1. The van der Waals surface area contributed by atoms with E-state index >= 15 is 0 Å². The molecule has 1 aliphatic rings. The first-order valence-electron chi connectivity index (χ1n) is 8.18. The van der Waals surface area contributed by atoms with Gasteiger partial charge in [0.25, 0.3) is 0 Å². The predicted octanol–water partition coefficient (Wildman–Crippen LogP) is 1.32. The summed E-state index contributed by atoms with van der Waals surface area (Å²) in [4.78, 5) is 13.1. The molecule has 0 radical (unpaired) electrons. The number of hydrogen-bond donors (Lipinski definition) is 1. The van der Waals surface area contributed by atoms with Gasteiger partial charge in [0.1, 0.15) is 0 Å². The van der Waals surface area contributed by atoms with Crippen molar-refractivity contribution in [3.8, 4) is 11.3 Å². The van der Waals surface area contributed by atoms with E-state index in [-0.39, 0.29) is 11.7 Å². The molecule has 0 spiro atoms. The lowest BCUT2D eigenvalue weighted by atomic mass is 10.1. The number of nitrogens with zero attached hydrogens (tertiary/aromatic N) is 4. The minimum Gasteiger partial charge on any atom is -0.378 e. The fraction of sp³-hybridized carbons (Fsp3) is 0.412. The molecular formula is C17H23N5O2S. The fourth-order valence-corrected chi connectivity index (χ4v) is 4.00. The lowest BCUT2D eigenvalue weighted by Gasteiger charge is -2.17. The van der Waals surface area contributed by atoms with Gasteiger partial charge in [-0.1, -0.05) is 12.1 Å². The molecule has 134 valence electrons. The highest BCUT2D eigenvalue weighted by atomic mass is 32.2. The van der Waals surface area contributed by atoms with Gasteiger partial charge >= 0.3 is 0 Å². The molecule has 7 nitrogen and oxygen atoms in total. The summed E-state index contributed by atoms with van der Waals surface area (Å²) in [5, 5.41) is 5.15. The number of benzene rings is 1. The van der Waals surface area contributed by atoms with Gasteiger partial charge in [0.15, 0.2) is 0 Å². The predicted molar refractivity (Wildman–Crippen MR) is 100 cm³/mol. The van der Waals surface area contributed by atoms with Crippen LogP contribution >= 0.6 is 0 Å². The maximum Gasteiger partial charge on any atom is 0.225 e. The third kappa shape index (κ3) is 4.46. The van der Waals surface area contributed by atoms with Crippen LogP contribution < -0.4 is 14.9 Å². The van der Waals surface area contributed by atoms with Crippen LogP contribution in [0.5, 0.6) is 0 Å². The van der Waals surface area contributed by atoms with Crippen LogP contribution in [0.4, 0.5) is 11.6 Å². The Labute approximate surface area is 148 Å². The second-order valence-corrected chi connectivity index (χ2v) is 8.27. The SMILES string of the molecule is CN(C)c1ccc(-c2ccnc(N3CCC(CS(N)(=O)=O)C3)n2)cc1. The molecule has 1 saturated heterocycles. The minimum atomic E-state index is -3.45. The number of hydrogen-bond acceptors (Lipinski definition) is 6. The summed E-state index contributed by atoms with van der Waals surface area (Å²) in [6.45, 7) is 1.35. The van der Waals surface area contributed by atoms with Gasteiger partial charge in [-0.25, -0.2) is 23.5 Å². The number of nitrogens with two attached hydrogens (primary N) is 1. The minimum absolute atomic E-state index is 0.00912. The summed E-state index contributed by atoms with van der Waals surface area (Å²) < 4.78 is 22.5. The van der Waals surface area contributed by atoms with Crippen molar-refractivity contribution in [3.05, 3.63) is 36.5 Å². The highest BCUT2D eigenvalue weighted by Crippen LogP contribution is 2.25. The van der Waals surface area contributed by atoms with E-state index in [9.17, 15) is 8.42 Å². The van der Waals surface area contributed by atoms with Crippen LogP contribution in [0.3, 0.4) is 0 Å². The average Bonchev–Trinajstić information content (AvgIpc) is 3.01. The van der Waals surface area contributed by atoms with Gasteiger partial charge in [-0.3, -0.25) is 0 Å². The fourth-order valence-electron chi connectivity index (χ4n) is 3.07. The van der Waals surface area contributed by atoms with E-state index in [1.165, 1.54) is 0 Å². The van der Waals surface area contributed by atoms with E-state index in [1.807, 2.05) is 42.1 Å². The Morgan fingerprint density at radius 2 is 1.96 bits per heavy atom. The number of aromatic nitrogens is 2. The van der Waals surface area contributed by atoms with Crippen LogP contribution in [-0.2, 0) is 10.0 Å². The molecule has 3 rings (SSSR count). The van der Waals surface area contributed by atoms with E-state index in [0.29, 0.717) is 12.5 Å². The molecule has 2 heterocycles. The lowest BCUT2D eigenvalue weighted by molar-refractivity contribution is 0.573. The number of anilines is 2. The molecule has 1 aromatic heterocycles. The molecule has 1 fully saturated rings. The van der Waals surface area contributed by atoms with Crippen molar-refractivity contribution < 1.29 is 8.42 Å². The summed E-state index contributed by atoms with van der Waals surface area (Å²) in [7, 11) is 0.559. The quantitative estimate of drug-likeness (QED) is 0.863. The van der Waals surface area contributed by atoms with E-state index in [4.69, 9.17) is 5.14 Å². The summed E-state index contributed by atoms with van der Waals surface area (Å²) in [6.07, 6.45) is 2.52. The van der Waals surface area contributed by atoms with Crippen molar-refractivity contribution in [3.63, 3.8) is 0 Å². The molecule has 1 unspecified atom stereocenters. The second kappa shape index (κ2) is 6.97. The summed E-state index contributed by atoms with van der Waals surface area (Å²) in [6, 6.07) is 10.1.